The van der Waals surface area contributed by atoms with Crippen LogP contribution in [0.2, 0.25) is 0 Å². The maximum atomic E-state index is 13.2. The molecule has 0 aliphatic carbocycles. The topological polar surface area (TPSA) is 80.0 Å². The van der Waals surface area contributed by atoms with Crippen molar-refractivity contribution in [2.24, 2.45) is 0 Å². The third-order valence-corrected chi connectivity index (χ3v) is 6.72. The Balaban J connectivity index is 1.57. The molecule has 1 atom stereocenters. The summed E-state index contributed by atoms with van der Waals surface area (Å²) in [6.45, 7) is 0. The second-order valence-electron chi connectivity index (χ2n) is 6.66. The average Bonchev–Trinajstić information content (AvgIpc) is 3.37. The van der Waals surface area contributed by atoms with Crippen LogP contribution in [0, 0.1) is 0 Å². The number of rotatable bonds is 5. The van der Waals surface area contributed by atoms with Crippen molar-refractivity contribution in [3.8, 4) is 17.1 Å². The maximum absolute atomic E-state index is 13.2. The van der Waals surface area contributed by atoms with Crippen molar-refractivity contribution in [3.05, 3.63) is 78.9 Å². The summed E-state index contributed by atoms with van der Waals surface area (Å²) in [5.74, 6) is 0.449. The number of nitrogens with one attached hydrogen (secondary N) is 2. The highest BCUT2D eigenvalue weighted by Gasteiger charge is 2.27. The number of aromatic amines is 2. The van der Waals surface area contributed by atoms with Crippen molar-refractivity contribution in [1.29, 1.82) is 0 Å². The molecule has 0 aliphatic heterocycles. The van der Waals surface area contributed by atoms with Crippen molar-refractivity contribution in [2.75, 3.05) is 7.11 Å². The normalized spacial score (nSPS) is 13.6. The fraction of sp³-hybridized carbons (Fsp3) is 0.0455. The van der Waals surface area contributed by atoms with Gasteiger partial charge >= 0.3 is 7.60 Å². The van der Waals surface area contributed by atoms with Gasteiger partial charge in [0.2, 0.25) is 0 Å². The van der Waals surface area contributed by atoms with E-state index in [2.05, 4.69) is 21.2 Å². The monoisotopic (exact) mass is 403 g/mol. The van der Waals surface area contributed by atoms with Crippen LogP contribution in [-0.2, 0) is 9.09 Å². The number of fused-ring (bicyclic) bond motifs is 2. The molecule has 5 rings (SSSR count). The van der Waals surface area contributed by atoms with Crippen LogP contribution in [0.15, 0.2) is 78.9 Å². The minimum absolute atomic E-state index is 0.449. The molecule has 144 valence electrons. The zero-order valence-corrected chi connectivity index (χ0v) is 16.5. The van der Waals surface area contributed by atoms with Crippen molar-refractivity contribution in [1.82, 2.24) is 15.2 Å². The maximum Gasteiger partial charge on any atom is 0.410 e. The van der Waals surface area contributed by atoms with Gasteiger partial charge in [-0.15, -0.1) is 0 Å². The quantitative estimate of drug-likeness (QED) is 0.393. The predicted molar refractivity (Wildman–Crippen MR) is 115 cm³/mol. The number of hydrogen-bond acceptors (Lipinski definition) is 4. The van der Waals surface area contributed by atoms with Gasteiger partial charge < -0.3 is 9.51 Å². The molecule has 3 aromatic carbocycles. The molecule has 0 spiro atoms. The standard InChI is InChI=1S/C22H18N3O3P/c1-27-29(26,17-8-3-2-4-9-17)28-16-11-12-20-18(14-16)22(25-24-20)21-13-15-7-5-6-10-19(15)23-21/h2-14,23H,1H3,(H,24,25). The Morgan fingerprint density at radius 2 is 1.69 bits per heavy atom. The first-order chi connectivity index (χ1) is 14.2. The van der Waals surface area contributed by atoms with Gasteiger partial charge in [0.1, 0.15) is 11.4 Å². The molecule has 2 aromatic heterocycles. The van der Waals surface area contributed by atoms with Gasteiger partial charge in [-0.3, -0.25) is 9.62 Å². The number of hydrogen-bond donors (Lipinski definition) is 2. The Kier molecular flexibility index (Phi) is 4.23. The number of benzene rings is 3. The van der Waals surface area contributed by atoms with Crippen LogP contribution in [0.1, 0.15) is 0 Å². The molecule has 0 bridgehead atoms. The second-order valence-corrected chi connectivity index (χ2v) is 8.72. The van der Waals surface area contributed by atoms with Crippen molar-refractivity contribution < 1.29 is 13.6 Å². The lowest BCUT2D eigenvalue weighted by Crippen LogP contribution is -2.10. The Morgan fingerprint density at radius 1 is 0.897 bits per heavy atom. The molecule has 6 nitrogen and oxygen atoms in total. The highest BCUT2D eigenvalue weighted by molar-refractivity contribution is 7.62. The highest BCUT2D eigenvalue weighted by atomic mass is 31.2. The van der Waals surface area contributed by atoms with E-state index in [4.69, 9.17) is 9.05 Å². The first-order valence-corrected chi connectivity index (χ1v) is 10.7. The molecule has 29 heavy (non-hydrogen) atoms. The van der Waals surface area contributed by atoms with Gasteiger partial charge in [0.15, 0.2) is 0 Å². The van der Waals surface area contributed by atoms with E-state index in [1.54, 1.807) is 30.3 Å². The Bertz CT molecular complexity index is 1320. The highest BCUT2D eigenvalue weighted by Crippen LogP contribution is 2.47. The van der Waals surface area contributed by atoms with Gasteiger partial charge in [0, 0.05) is 23.4 Å². The van der Waals surface area contributed by atoms with Gasteiger partial charge in [0.25, 0.3) is 0 Å². The Hall–Kier alpha value is -3.34. The van der Waals surface area contributed by atoms with Crippen molar-refractivity contribution >= 4 is 34.7 Å². The average molecular weight is 403 g/mol. The summed E-state index contributed by atoms with van der Waals surface area (Å²) in [7, 11) is -2.09. The zero-order chi connectivity index (χ0) is 19.8. The fourth-order valence-corrected chi connectivity index (χ4v) is 4.72. The van der Waals surface area contributed by atoms with Gasteiger partial charge in [-0.1, -0.05) is 36.4 Å². The van der Waals surface area contributed by atoms with Gasteiger partial charge in [-0.05, 0) is 42.5 Å². The molecule has 0 radical (unpaired) electrons. The molecule has 0 saturated carbocycles. The summed E-state index contributed by atoms with van der Waals surface area (Å²) >= 11 is 0. The largest absolute Gasteiger partial charge is 0.421 e. The summed E-state index contributed by atoms with van der Waals surface area (Å²) in [5, 5.41) is 9.99. The van der Waals surface area contributed by atoms with E-state index in [0.29, 0.717) is 11.1 Å². The van der Waals surface area contributed by atoms with Crippen LogP contribution < -0.4 is 9.83 Å². The van der Waals surface area contributed by atoms with Crippen molar-refractivity contribution in [3.63, 3.8) is 0 Å². The zero-order valence-electron chi connectivity index (χ0n) is 15.6. The van der Waals surface area contributed by atoms with E-state index < -0.39 is 7.60 Å². The van der Waals surface area contributed by atoms with E-state index in [9.17, 15) is 4.57 Å². The first kappa shape index (κ1) is 17.7. The van der Waals surface area contributed by atoms with E-state index in [1.807, 2.05) is 42.5 Å². The Labute approximate surface area is 167 Å². The van der Waals surface area contributed by atoms with Crippen LogP contribution in [0.25, 0.3) is 33.2 Å². The predicted octanol–water partition coefficient (Wildman–Crippen LogP) is 5.26. The number of para-hydroxylation sites is 1. The van der Waals surface area contributed by atoms with Crippen LogP contribution in [0.5, 0.6) is 5.75 Å². The smallest absolute Gasteiger partial charge is 0.410 e. The number of aromatic nitrogens is 3. The van der Waals surface area contributed by atoms with E-state index in [0.717, 1.165) is 33.2 Å². The lowest BCUT2D eigenvalue weighted by atomic mass is 10.1. The van der Waals surface area contributed by atoms with Gasteiger partial charge in [-0.25, -0.2) is 4.57 Å². The van der Waals surface area contributed by atoms with Crippen molar-refractivity contribution in [2.45, 2.75) is 0 Å². The molecular weight excluding hydrogens is 385 g/mol. The molecule has 2 N–H and O–H groups in total. The lowest BCUT2D eigenvalue weighted by molar-refractivity contribution is 0.334. The Morgan fingerprint density at radius 3 is 2.48 bits per heavy atom. The summed E-state index contributed by atoms with van der Waals surface area (Å²) in [6, 6.07) is 24.5. The minimum Gasteiger partial charge on any atom is -0.421 e. The summed E-state index contributed by atoms with van der Waals surface area (Å²) in [6.07, 6.45) is 0. The summed E-state index contributed by atoms with van der Waals surface area (Å²) < 4.78 is 24.4. The molecule has 7 heteroatoms. The van der Waals surface area contributed by atoms with Crippen LogP contribution >= 0.6 is 7.60 Å². The molecule has 0 amide bonds. The first-order valence-electron chi connectivity index (χ1n) is 9.13. The van der Waals surface area contributed by atoms with E-state index >= 15 is 0 Å². The van der Waals surface area contributed by atoms with Gasteiger partial charge in [0.05, 0.1) is 16.5 Å². The van der Waals surface area contributed by atoms with Crippen LogP contribution in [0.4, 0.5) is 0 Å². The van der Waals surface area contributed by atoms with Crippen LogP contribution in [-0.4, -0.2) is 22.3 Å². The molecular formula is C22H18N3O3P. The third kappa shape index (κ3) is 3.12. The molecule has 2 heterocycles. The summed E-state index contributed by atoms with van der Waals surface area (Å²) in [5.41, 5.74) is 3.57. The molecule has 1 unspecified atom stereocenters. The van der Waals surface area contributed by atoms with E-state index in [-0.39, 0.29) is 0 Å². The SMILES string of the molecule is COP(=O)(Oc1ccc2[nH]nc(-c3cc4ccccc4[nH]3)c2c1)c1ccccc1. The minimum atomic E-state index is -3.48. The third-order valence-electron chi connectivity index (χ3n) is 4.86. The number of H-pyrrole nitrogens is 2. The van der Waals surface area contributed by atoms with Crippen LogP contribution in [0.3, 0.4) is 0 Å². The molecule has 0 saturated heterocycles. The van der Waals surface area contributed by atoms with E-state index in [1.165, 1.54) is 7.11 Å². The molecule has 5 aromatic rings. The lowest BCUT2D eigenvalue weighted by Gasteiger charge is -2.17. The fourth-order valence-electron chi connectivity index (χ4n) is 3.40. The number of nitrogens with zero attached hydrogens (tertiary/aromatic N) is 1. The summed E-state index contributed by atoms with van der Waals surface area (Å²) in [4.78, 5) is 3.39. The second kappa shape index (κ2) is 6.92. The van der Waals surface area contributed by atoms with Gasteiger partial charge in [-0.2, -0.15) is 5.10 Å². The molecule has 0 fully saturated rings. The molecule has 0 aliphatic rings.